The maximum Gasteiger partial charge on any atom is 0.333 e. The number of aromatic nitrogens is 2. The lowest BCUT2D eigenvalue weighted by molar-refractivity contribution is 0.0611. The van der Waals surface area contributed by atoms with Crippen LogP contribution >= 0.6 is 0 Å². The number of nitrogens with zero attached hydrogens (tertiary/aromatic N) is 2. The van der Waals surface area contributed by atoms with Crippen molar-refractivity contribution in [3.8, 4) is 0 Å². The molecular weight excluding hydrogens is 186 g/mol. The van der Waals surface area contributed by atoms with Gasteiger partial charge in [-0.25, -0.2) is 4.68 Å². The first-order valence-electron chi connectivity index (χ1n) is 4.48. The fraction of sp³-hybridized carbons (Fsp3) is 0.300. The van der Waals surface area contributed by atoms with Crippen molar-refractivity contribution in [3.05, 3.63) is 30.0 Å². The summed E-state index contributed by atoms with van der Waals surface area (Å²) in [6.07, 6.45) is 0.667. The Bertz CT molecular complexity index is 448. The maximum atomic E-state index is 12.5. The molecular formula is C10H10F2N2. The molecule has 0 N–H and O–H groups in total. The summed E-state index contributed by atoms with van der Waals surface area (Å²) >= 11 is 0. The van der Waals surface area contributed by atoms with E-state index in [0.717, 1.165) is 15.8 Å². The first-order chi connectivity index (χ1) is 6.74. The molecule has 0 aliphatic rings. The summed E-state index contributed by atoms with van der Waals surface area (Å²) in [7, 11) is 0. The van der Waals surface area contributed by atoms with Gasteiger partial charge in [-0.1, -0.05) is 25.1 Å². The second-order valence-electron chi connectivity index (χ2n) is 3.04. The van der Waals surface area contributed by atoms with Crippen molar-refractivity contribution in [2.24, 2.45) is 0 Å². The number of halogens is 2. The van der Waals surface area contributed by atoms with Crippen molar-refractivity contribution >= 4 is 10.9 Å². The minimum Gasteiger partial charge on any atom is -0.203 e. The van der Waals surface area contributed by atoms with E-state index in [2.05, 4.69) is 5.10 Å². The molecule has 0 aliphatic heterocycles. The van der Waals surface area contributed by atoms with E-state index in [1.165, 1.54) is 0 Å². The fourth-order valence-electron chi connectivity index (χ4n) is 1.57. The van der Waals surface area contributed by atoms with Crippen molar-refractivity contribution in [2.45, 2.75) is 19.9 Å². The number of fused-ring (bicyclic) bond motifs is 1. The Balaban J connectivity index is 2.73. The average molecular weight is 196 g/mol. The third-order valence-corrected chi connectivity index (χ3v) is 2.21. The Morgan fingerprint density at radius 1 is 1.36 bits per heavy atom. The Morgan fingerprint density at radius 2 is 2.07 bits per heavy atom. The van der Waals surface area contributed by atoms with E-state index in [-0.39, 0.29) is 0 Å². The van der Waals surface area contributed by atoms with Gasteiger partial charge in [-0.3, -0.25) is 0 Å². The van der Waals surface area contributed by atoms with Crippen LogP contribution in [0.15, 0.2) is 24.3 Å². The summed E-state index contributed by atoms with van der Waals surface area (Å²) in [5, 5.41) is 4.69. The molecule has 14 heavy (non-hydrogen) atoms. The Morgan fingerprint density at radius 3 is 2.71 bits per heavy atom. The van der Waals surface area contributed by atoms with Crippen LogP contribution in [0.3, 0.4) is 0 Å². The maximum absolute atomic E-state index is 12.5. The van der Waals surface area contributed by atoms with Crippen LogP contribution in [0, 0.1) is 0 Å². The smallest absolute Gasteiger partial charge is 0.203 e. The third kappa shape index (κ3) is 1.27. The molecule has 0 saturated heterocycles. The van der Waals surface area contributed by atoms with Crippen LogP contribution in [-0.4, -0.2) is 9.78 Å². The summed E-state index contributed by atoms with van der Waals surface area (Å²) in [6.45, 7) is -0.662. The molecule has 1 aromatic carbocycles. The van der Waals surface area contributed by atoms with Gasteiger partial charge in [-0.2, -0.15) is 13.9 Å². The van der Waals surface area contributed by atoms with Crippen LogP contribution in [-0.2, 0) is 6.42 Å². The van der Waals surface area contributed by atoms with Gasteiger partial charge in [0.15, 0.2) is 0 Å². The lowest BCUT2D eigenvalue weighted by Gasteiger charge is -1.99. The molecule has 0 fully saturated rings. The SMILES string of the molecule is CCc1nn(C(F)F)c2ccccc12. The molecule has 2 rings (SSSR count). The molecule has 0 amide bonds. The quantitative estimate of drug-likeness (QED) is 0.721. The number of hydrogen-bond donors (Lipinski definition) is 0. The van der Waals surface area contributed by atoms with Gasteiger partial charge in [0.1, 0.15) is 0 Å². The van der Waals surface area contributed by atoms with Gasteiger partial charge in [0.25, 0.3) is 0 Å². The van der Waals surface area contributed by atoms with Gasteiger partial charge in [-0.15, -0.1) is 0 Å². The first-order valence-corrected chi connectivity index (χ1v) is 4.48. The summed E-state index contributed by atoms with van der Waals surface area (Å²) in [4.78, 5) is 0. The van der Waals surface area contributed by atoms with Crippen LogP contribution in [0.4, 0.5) is 8.78 Å². The van der Waals surface area contributed by atoms with Crippen molar-refractivity contribution in [3.63, 3.8) is 0 Å². The van der Waals surface area contributed by atoms with E-state index < -0.39 is 6.55 Å². The minimum absolute atomic E-state index is 0.499. The van der Waals surface area contributed by atoms with Gasteiger partial charge < -0.3 is 0 Å². The molecule has 2 nitrogen and oxygen atoms in total. The Hall–Kier alpha value is -1.45. The summed E-state index contributed by atoms with van der Waals surface area (Å²) < 4.78 is 25.9. The second-order valence-corrected chi connectivity index (χ2v) is 3.04. The predicted octanol–water partition coefficient (Wildman–Crippen LogP) is 2.99. The highest BCUT2D eigenvalue weighted by Gasteiger charge is 2.14. The van der Waals surface area contributed by atoms with Gasteiger partial charge in [0, 0.05) is 5.39 Å². The highest BCUT2D eigenvalue weighted by molar-refractivity contribution is 5.81. The molecule has 1 aromatic heterocycles. The van der Waals surface area contributed by atoms with Crippen molar-refractivity contribution in [1.29, 1.82) is 0 Å². The minimum atomic E-state index is -2.57. The second kappa shape index (κ2) is 3.36. The summed E-state index contributed by atoms with van der Waals surface area (Å²) in [5.74, 6) is 0. The standard InChI is InChI=1S/C10H10F2N2/c1-2-8-7-5-3-4-6-9(7)14(13-8)10(11)12/h3-6,10H,2H2,1H3. The topological polar surface area (TPSA) is 17.8 Å². The molecule has 0 radical (unpaired) electrons. The molecule has 0 unspecified atom stereocenters. The number of rotatable bonds is 2. The van der Waals surface area contributed by atoms with Crippen molar-refractivity contribution in [2.75, 3.05) is 0 Å². The van der Waals surface area contributed by atoms with E-state index in [1.807, 2.05) is 19.1 Å². The molecule has 74 valence electrons. The molecule has 4 heteroatoms. The van der Waals surface area contributed by atoms with E-state index in [4.69, 9.17) is 0 Å². The summed E-state index contributed by atoms with van der Waals surface area (Å²) in [6, 6.07) is 7.05. The zero-order valence-electron chi connectivity index (χ0n) is 7.74. The number of para-hydroxylation sites is 1. The summed E-state index contributed by atoms with van der Waals surface area (Å²) in [5.41, 5.74) is 1.22. The highest BCUT2D eigenvalue weighted by Crippen LogP contribution is 2.23. The molecule has 1 heterocycles. The number of hydrogen-bond acceptors (Lipinski definition) is 1. The molecule has 2 aromatic rings. The largest absolute Gasteiger partial charge is 0.333 e. The molecule has 0 bridgehead atoms. The van der Waals surface area contributed by atoms with Crippen LogP contribution < -0.4 is 0 Å². The van der Waals surface area contributed by atoms with E-state index >= 15 is 0 Å². The fourth-order valence-corrected chi connectivity index (χ4v) is 1.57. The lowest BCUT2D eigenvalue weighted by atomic mass is 10.2. The van der Waals surface area contributed by atoms with Crippen LogP contribution in [0.2, 0.25) is 0 Å². The lowest BCUT2D eigenvalue weighted by Crippen LogP contribution is -2.00. The van der Waals surface area contributed by atoms with Gasteiger partial charge in [0.05, 0.1) is 11.2 Å². The first kappa shape index (κ1) is 9.12. The average Bonchev–Trinajstić information content (AvgIpc) is 2.56. The molecule has 0 aliphatic carbocycles. The van der Waals surface area contributed by atoms with Crippen LogP contribution in [0.1, 0.15) is 19.2 Å². The van der Waals surface area contributed by atoms with Gasteiger partial charge in [-0.05, 0) is 12.5 Å². The molecule has 0 atom stereocenters. The van der Waals surface area contributed by atoms with E-state index in [0.29, 0.717) is 11.9 Å². The van der Waals surface area contributed by atoms with Gasteiger partial charge in [0.2, 0.25) is 0 Å². The zero-order valence-corrected chi connectivity index (χ0v) is 7.74. The van der Waals surface area contributed by atoms with Gasteiger partial charge >= 0.3 is 6.55 Å². The third-order valence-electron chi connectivity index (χ3n) is 2.21. The molecule has 0 spiro atoms. The number of alkyl halides is 2. The van der Waals surface area contributed by atoms with Crippen molar-refractivity contribution < 1.29 is 8.78 Å². The van der Waals surface area contributed by atoms with Crippen LogP contribution in [0.5, 0.6) is 0 Å². The highest BCUT2D eigenvalue weighted by atomic mass is 19.3. The Kier molecular flexibility index (Phi) is 2.19. The monoisotopic (exact) mass is 196 g/mol. The molecule has 0 saturated carbocycles. The number of benzene rings is 1. The predicted molar refractivity (Wildman–Crippen MR) is 50.4 cm³/mol. The van der Waals surface area contributed by atoms with Crippen LogP contribution in [0.25, 0.3) is 10.9 Å². The zero-order chi connectivity index (χ0) is 10.1. The van der Waals surface area contributed by atoms with E-state index in [9.17, 15) is 8.78 Å². The number of aryl methyl sites for hydroxylation is 1. The normalized spacial score (nSPS) is 11.4. The Labute approximate surface area is 80.1 Å². The van der Waals surface area contributed by atoms with Crippen molar-refractivity contribution in [1.82, 2.24) is 9.78 Å². The van der Waals surface area contributed by atoms with E-state index in [1.54, 1.807) is 12.1 Å².